The second-order valence-corrected chi connectivity index (χ2v) is 9.85. The molecule has 0 spiro atoms. The topological polar surface area (TPSA) is 55.2 Å². The zero-order chi connectivity index (χ0) is 25.8. The number of aryl methyl sites for hydroxylation is 1. The SMILES string of the molecule is CCC(C(=O)N(CC(C)C)C(C)c1nc2ccccc2c(=O)n1-c1ccccc1C)c1ccccc1. The third kappa shape index (κ3) is 4.97. The molecule has 1 heterocycles. The van der Waals surface area contributed by atoms with Crippen molar-refractivity contribution in [2.45, 2.75) is 53.0 Å². The molecule has 0 aliphatic rings. The average molecular weight is 482 g/mol. The second-order valence-electron chi connectivity index (χ2n) is 9.85. The molecule has 4 rings (SSSR count). The van der Waals surface area contributed by atoms with Crippen LogP contribution in [0, 0.1) is 12.8 Å². The minimum Gasteiger partial charge on any atom is -0.332 e. The quantitative estimate of drug-likeness (QED) is 0.291. The summed E-state index contributed by atoms with van der Waals surface area (Å²) in [6, 6.07) is 24.8. The predicted octanol–water partition coefficient (Wildman–Crippen LogP) is 6.43. The van der Waals surface area contributed by atoms with Crippen LogP contribution in [0.5, 0.6) is 0 Å². The Morgan fingerprint density at radius 1 is 0.917 bits per heavy atom. The number of carbonyl (C=O) groups is 1. The molecular formula is C31H35N3O2. The van der Waals surface area contributed by atoms with Crippen molar-refractivity contribution in [3.05, 3.63) is 106 Å². The molecule has 0 aliphatic carbocycles. The fourth-order valence-electron chi connectivity index (χ4n) is 4.89. The van der Waals surface area contributed by atoms with E-state index < -0.39 is 6.04 Å². The summed E-state index contributed by atoms with van der Waals surface area (Å²) >= 11 is 0. The molecule has 36 heavy (non-hydrogen) atoms. The van der Waals surface area contributed by atoms with Crippen LogP contribution in [0.25, 0.3) is 16.6 Å². The maximum atomic E-state index is 14.1. The summed E-state index contributed by atoms with van der Waals surface area (Å²) in [5.74, 6) is 0.629. The number of benzene rings is 3. The predicted molar refractivity (Wildman–Crippen MR) is 147 cm³/mol. The Kier molecular flexibility index (Phi) is 7.68. The van der Waals surface area contributed by atoms with Crippen molar-refractivity contribution in [3.63, 3.8) is 0 Å². The highest BCUT2D eigenvalue weighted by Crippen LogP contribution is 2.30. The first-order chi connectivity index (χ1) is 17.3. The summed E-state index contributed by atoms with van der Waals surface area (Å²) in [5, 5.41) is 0.564. The average Bonchev–Trinajstić information content (AvgIpc) is 2.88. The highest BCUT2D eigenvalue weighted by atomic mass is 16.2. The van der Waals surface area contributed by atoms with Gasteiger partial charge < -0.3 is 4.90 Å². The number of amides is 1. The third-order valence-corrected chi connectivity index (χ3v) is 6.75. The van der Waals surface area contributed by atoms with Crippen LogP contribution in [0.2, 0.25) is 0 Å². The van der Waals surface area contributed by atoms with Gasteiger partial charge in [0.15, 0.2) is 0 Å². The van der Waals surface area contributed by atoms with Gasteiger partial charge in [0.2, 0.25) is 5.91 Å². The number of para-hydroxylation sites is 2. The van der Waals surface area contributed by atoms with Gasteiger partial charge in [-0.15, -0.1) is 0 Å². The second kappa shape index (κ2) is 10.9. The molecule has 0 radical (unpaired) electrons. The summed E-state index contributed by atoms with van der Waals surface area (Å²) in [7, 11) is 0. The molecular weight excluding hydrogens is 446 g/mol. The highest BCUT2D eigenvalue weighted by Gasteiger charge is 2.32. The number of nitrogens with zero attached hydrogens (tertiary/aromatic N) is 3. The van der Waals surface area contributed by atoms with Gasteiger partial charge in [0.1, 0.15) is 5.82 Å². The van der Waals surface area contributed by atoms with E-state index in [1.54, 1.807) is 4.57 Å². The molecule has 0 bridgehead atoms. The molecule has 1 amide bonds. The first-order valence-corrected chi connectivity index (χ1v) is 12.8. The van der Waals surface area contributed by atoms with Crippen molar-refractivity contribution in [2.24, 2.45) is 5.92 Å². The molecule has 1 aromatic heterocycles. The number of aromatic nitrogens is 2. The number of rotatable bonds is 8. The number of hydrogen-bond acceptors (Lipinski definition) is 3. The molecule has 2 atom stereocenters. The van der Waals surface area contributed by atoms with Gasteiger partial charge in [-0.1, -0.05) is 81.4 Å². The molecule has 0 saturated heterocycles. The van der Waals surface area contributed by atoms with E-state index in [1.165, 1.54) is 0 Å². The molecule has 5 heteroatoms. The van der Waals surface area contributed by atoms with Gasteiger partial charge in [-0.2, -0.15) is 0 Å². The van der Waals surface area contributed by atoms with Crippen molar-refractivity contribution in [1.82, 2.24) is 14.5 Å². The molecule has 186 valence electrons. The third-order valence-electron chi connectivity index (χ3n) is 6.75. The lowest BCUT2D eigenvalue weighted by Gasteiger charge is -2.34. The molecule has 2 unspecified atom stereocenters. The number of fused-ring (bicyclic) bond motifs is 1. The van der Waals surface area contributed by atoms with Gasteiger partial charge in [0.05, 0.1) is 28.6 Å². The molecule has 0 aliphatic heterocycles. The van der Waals surface area contributed by atoms with Gasteiger partial charge in [0, 0.05) is 6.54 Å². The molecule has 0 N–H and O–H groups in total. The van der Waals surface area contributed by atoms with Gasteiger partial charge in [0.25, 0.3) is 5.56 Å². The number of hydrogen-bond donors (Lipinski definition) is 0. The lowest BCUT2D eigenvalue weighted by Crippen LogP contribution is -2.41. The van der Waals surface area contributed by atoms with E-state index in [1.807, 2.05) is 105 Å². The maximum Gasteiger partial charge on any atom is 0.266 e. The zero-order valence-electron chi connectivity index (χ0n) is 21.8. The molecule has 4 aromatic rings. The van der Waals surface area contributed by atoms with Crippen molar-refractivity contribution in [3.8, 4) is 5.69 Å². The highest BCUT2D eigenvalue weighted by molar-refractivity contribution is 5.84. The van der Waals surface area contributed by atoms with E-state index in [2.05, 4.69) is 13.8 Å². The molecule has 0 fully saturated rings. The smallest absolute Gasteiger partial charge is 0.266 e. The van der Waals surface area contributed by atoms with Crippen LogP contribution in [0.3, 0.4) is 0 Å². The van der Waals surface area contributed by atoms with E-state index in [4.69, 9.17) is 4.98 Å². The van der Waals surface area contributed by atoms with E-state index in [9.17, 15) is 9.59 Å². The minimum atomic E-state index is -0.408. The van der Waals surface area contributed by atoms with Crippen LogP contribution in [0.15, 0.2) is 83.7 Å². The van der Waals surface area contributed by atoms with E-state index in [0.29, 0.717) is 29.7 Å². The first kappa shape index (κ1) is 25.4. The fourth-order valence-corrected chi connectivity index (χ4v) is 4.89. The molecule has 3 aromatic carbocycles. The van der Waals surface area contributed by atoms with Crippen LogP contribution in [0.1, 0.15) is 63.0 Å². The number of carbonyl (C=O) groups excluding carboxylic acids is 1. The van der Waals surface area contributed by atoms with Gasteiger partial charge in [-0.3, -0.25) is 14.2 Å². The Labute approximate surface area is 213 Å². The summed E-state index contributed by atoms with van der Waals surface area (Å²) in [6.07, 6.45) is 0.694. The normalized spacial score (nSPS) is 13.1. The Balaban J connectivity index is 1.91. The standard InChI is InChI=1S/C31H35N3O2/c1-6-25(24-15-8-7-9-16-24)30(35)33(20-21(2)3)23(5)29-32-27-18-12-11-17-26(27)31(36)34(29)28-19-13-10-14-22(28)4/h7-19,21,23,25H,6,20H2,1-5H3. The zero-order valence-corrected chi connectivity index (χ0v) is 21.8. The van der Waals surface area contributed by atoms with Gasteiger partial charge in [-0.25, -0.2) is 4.98 Å². The summed E-state index contributed by atoms with van der Waals surface area (Å²) < 4.78 is 1.70. The Bertz CT molecular complexity index is 1410. The van der Waals surface area contributed by atoms with Crippen molar-refractivity contribution >= 4 is 16.8 Å². The Morgan fingerprint density at radius 2 is 1.56 bits per heavy atom. The summed E-state index contributed by atoms with van der Waals surface area (Å²) in [4.78, 5) is 34.9. The van der Waals surface area contributed by atoms with Crippen molar-refractivity contribution in [1.29, 1.82) is 0 Å². The van der Waals surface area contributed by atoms with Gasteiger partial charge >= 0.3 is 0 Å². The first-order valence-electron chi connectivity index (χ1n) is 12.8. The van der Waals surface area contributed by atoms with Crippen LogP contribution in [0.4, 0.5) is 0 Å². The minimum absolute atomic E-state index is 0.0589. The largest absolute Gasteiger partial charge is 0.332 e. The van der Waals surface area contributed by atoms with E-state index in [-0.39, 0.29) is 23.3 Å². The monoisotopic (exact) mass is 481 g/mol. The summed E-state index contributed by atoms with van der Waals surface area (Å²) in [6.45, 7) is 10.8. The van der Waals surface area contributed by atoms with Crippen LogP contribution >= 0.6 is 0 Å². The molecule has 0 saturated carbocycles. The van der Waals surface area contributed by atoms with Crippen LogP contribution in [-0.4, -0.2) is 26.9 Å². The fraction of sp³-hybridized carbons (Fsp3) is 0.323. The van der Waals surface area contributed by atoms with Crippen molar-refractivity contribution < 1.29 is 4.79 Å². The van der Waals surface area contributed by atoms with Gasteiger partial charge in [-0.05, 0) is 55.5 Å². The van der Waals surface area contributed by atoms with E-state index >= 15 is 0 Å². The molecule has 5 nitrogen and oxygen atoms in total. The lowest BCUT2D eigenvalue weighted by atomic mass is 9.94. The Hall–Kier alpha value is -3.73. The Morgan fingerprint density at radius 3 is 2.22 bits per heavy atom. The summed E-state index contributed by atoms with van der Waals surface area (Å²) in [5.41, 5.74) is 3.29. The maximum absolute atomic E-state index is 14.1. The lowest BCUT2D eigenvalue weighted by molar-refractivity contribution is -0.136. The van der Waals surface area contributed by atoms with Crippen LogP contribution < -0.4 is 5.56 Å². The van der Waals surface area contributed by atoms with Crippen LogP contribution in [-0.2, 0) is 4.79 Å². The van der Waals surface area contributed by atoms with E-state index in [0.717, 1.165) is 16.8 Å². The van der Waals surface area contributed by atoms with Crippen molar-refractivity contribution in [2.75, 3.05) is 6.54 Å².